The number of rotatable bonds is 5. The van der Waals surface area contributed by atoms with Crippen LogP contribution in [0.3, 0.4) is 0 Å². The standard InChI is InChI=1S/C30H22N4O11/c1-10(35)31-9-16(37)34-32-8-13-6-12-5-11-3-4-30(22(11)26(41)17(12)29(44)33-13)27(42)20-21(28(30)43)25(40)19-18(24(20)39)14(36)7-15(45-2)23(19)38/h5-8,41-43H,3-4,9H2,1-2H3,(H,31,35)(H,33,44)(H,34,37)/b32-8+. The number of aliphatic hydroxyl groups excluding tert-OH is 2. The summed E-state index contributed by atoms with van der Waals surface area (Å²) in [6, 6.07) is 3.73. The summed E-state index contributed by atoms with van der Waals surface area (Å²) in [5.74, 6) is -3.76. The predicted octanol–water partition coefficient (Wildman–Crippen LogP) is -2.90. The molecule has 6 rings (SSSR count). The molecule has 228 valence electrons. The Bertz CT molecular complexity index is 2550. The third-order valence-corrected chi connectivity index (χ3v) is 8.17. The molecule has 15 nitrogen and oxygen atoms in total. The second-order valence-corrected chi connectivity index (χ2v) is 10.6. The van der Waals surface area contributed by atoms with Crippen molar-refractivity contribution in [1.82, 2.24) is 15.7 Å². The summed E-state index contributed by atoms with van der Waals surface area (Å²) in [4.78, 5) is 91.1. The Morgan fingerprint density at radius 2 is 1.64 bits per heavy atom. The van der Waals surface area contributed by atoms with E-state index in [4.69, 9.17) is 4.74 Å². The number of carbonyl (C=O) groups excluding carboxylic acids is 2. The number of aliphatic hydroxyl groups is 2. The fourth-order valence-electron chi connectivity index (χ4n) is 6.26. The van der Waals surface area contributed by atoms with E-state index in [9.17, 15) is 48.9 Å². The molecule has 1 atom stereocenters. The molecular weight excluding hydrogens is 592 g/mol. The van der Waals surface area contributed by atoms with E-state index in [-0.39, 0.29) is 41.4 Å². The molecule has 45 heavy (non-hydrogen) atoms. The van der Waals surface area contributed by atoms with Crippen molar-refractivity contribution in [2.75, 3.05) is 13.7 Å². The number of aromatic nitrogens is 1. The van der Waals surface area contributed by atoms with E-state index in [1.807, 2.05) is 0 Å². The minimum absolute atomic E-state index is 0.103. The number of ether oxygens (including phenoxy) is 1. The third-order valence-electron chi connectivity index (χ3n) is 8.17. The van der Waals surface area contributed by atoms with Crippen molar-refractivity contribution >= 4 is 40.3 Å². The maximum absolute atomic E-state index is 13.6. The Morgan fingerprint density at radius 3 is 2.29 bits per heavy atom. The monoisotopic (exact) mass is 614 g/mol. The molecule has 0 fully saturated rings. The average molecular weight is 615 g/mol. The quantitative estimate of drug-likeness (QED) is 0.0984. The maximum Gasteiger partial charge on any atom is 0.260 e. The molecule has 0 bridgehead atoms. The lowest BCUT2D eigenvalue weighted by Crippen LogP contribution is -2.51. The van der Waals surface area contributed by atoms with Crippen molar-refractivity contribution in [2.45, 2.75) is 25.2 Å². The highest BCUT2D eigenvalue weighted by molar-refractivity contribution is 5.96. The van der Waals surface area contributed by atoms with Gasteiger partial charge in [-0.2, -0.15) is 5.10 Å². The number of hydrogen-bond acceptors (Lipinski definition) is 12. The molecule has 1 unspecified atom stereocenters. The Kier molecular flexibility index (Phi) is 6.42. The summed E-state index contributed by atoms with van der Waals surface area (Å²) in [6.07, 6.45) is 1.09. The van der Waals surface area contributed by atoms with Crippen LogP contribution in [0.15, 0.2) is 47.3 Å². The van der Waals surface area contributed by atoms with Crippen LogP contribution in [-0.2, 0) is 21.4 Å². The van der Waals surface area contributed by atoms with Gasteiger partial charge in [-0.1, -0.05) is 6.07 Å². The summed E-state index contributed by atoms with van der Waals surface area (Å²) in [6.45, 7) is 0.922. The number of pyridine rings is 1. The van der Waals surface area contributed by atoms with Gasteiger partial charge in [0.25, 0.3) is 11.5 Å². The zero-order valence-corrected chi connectivity index (χ0v) is 23.5. The number of nitrogens with zero attached hydrogens (tertiary/aromatic N) is 1. The van der Waals surface area contributed by atoms with Crippen molar-refractivity contribution in [2.24, 2.45) is 5.10 Å². The first-order chi connectivity index (χ1) is 21.3. The second-order valence-electron chi connectivity index (χ2n) is 10.6. The van der Waals surface area contributed by atoms with Gasteiger partial charge in [0, 0.05) is 18.6 Å². The molecule has 4 aliphatic carbocycles. The van der Waals surface area contributed by atoms with Gasteiger partial charge < -0.3 is 30.4 Å². The maximum atomic E-state index is 13.6. The Labute approximate surface area is 248 Å². The molecule has 6 N–H and O–H groups in total. The minimum Gasteiger partial charge on any atom is -0.510 e. The van der Waals surface area contributed by atoms with Crippen LogP contribution < -0.4 is 53.2 Å². The van der Waals surface area contributed by atoms with Crippen LogP contribution in [0.1, 0.15) is 30.2 Å². The van der Waals surface area contributed by atoms with Crippen molar-refractivity contribution in [1.29, 1.82) is 0 Å². The van der Waals surface area contributed by atoms with Crippen molar-refractivity contribution in [3.8, 4) is 11.5 Å². The summed E-state index contributed by atoms with van der Waals surface area (Å²) >= 11 is 0. The zero-order chi connectivity index (χ0) is 32.5. The molecule has 15 heteroatoms. The van der Waals surface area contributed by atoms with Crippen molar-refractivity contribution in [3.05, 3.63) is 107 Å². The molecule has 0 aliphatic heterocycles. The molecule has 1 heterocycles. The number of aromatic hydroxyl groups is 1. The molecule has 4 aliphatic rings. The van der Waals surface area contributed by atoms with Crippen LogP contribution in [0.2, 0.25) is 0 Å². The number of phenols is 1. The molecule has 2 aromatic rings. The molecular formula is C30H22N4O11. The number of aromatic amines is 1. The number of methoxy groups -OCH3 is 1. The Hall–Kier alpha value is -6.12. The molecule has 0 saturated carbocycles. The summed E-state index contributed by atoms with van der Waals surface area (Å²) in [5, 5.41) is 37.6. The number of nitrogens with one attached hydrogen (secondary N) is 3. The van der Waals surface area contributed by atoms with Gasteiger partial charge in [-0.25, -0.2) is 5.43 Å². The Balaban J connectivity index is 1.55. The van der Waals surface area contributed by atoms with E-state index >= 15 is 0 Å². The molecule has 1 aromatic carbocycles. The van der Waals surface area contributed by atoms with Crippen LogP contribution in [0.4, 0.5) is 0 Å². The zero-order valence-electron chi connectivity index (χ0n) is 23.5. The van der Waals surface area contributed by atoms with Gasteiger partial charge in [0.2, 0.25) is 22.2 Å². The van der Waals surface area contributed by atoms with Gasteiger partial charge in [0.15, 0.2) is 11.2 Å². The lowest BCUT2D eigenvalue weighted by molar-refractivity contribution is -0.125. The number of phenolic OH excluding ortho intramolecular Hbond substituents is 1. The summed E-state index contributed by atoms with van der Waals surface area (Å²) in [7, 11) is 1.10. The van der Waals surface area contributed by atoms with Crippen molar-refractivity contribution in [3.63, 3.8) is 0 Å². The van der Waals surface area contributed by atoms with E-state index < -0.39 is 88.4 Å². The van der Waals surface area contributed by atoms with Crippen LogP contribution in [-0.4, -0.2) is 52.0 Å². The van der Waals surface area contributed by atoms with Gasteiger partial charge >= 0.3 is 0 Å². The average Bonchev–Trinajstić information content (AvgIpc) is 3.48. The van der Waals surface area contributed by atoms with Crippen molar-refractivity contribution < 1.29 is 29.6 Å². The second kappa shape index (κ2) is 9.97. The van der Waals surface area contributed by atoms with Gasteiger partial charge in [-0.3, -0.25) is 33.6 Å². The highest BCUT2D eigenvalue weighted by atomic mass is 16.5. The van der Waals surface area contributed by atoms with Gasteiger partial charge in [-0.15, -0.1) is 0 Å². The van der Waals surface area contributed by atoms with Crippen LogP contribution >= 0.6 is 0 Å². The number of benzene rings is 1. The molecule has 0 radical (unpaired) electrons. The molecule has 1 spiro atoms. The van der Waals surface area contributed by atoms with E-state index in [1.54, 1.807) is 0 Å². The van der Waals surface area contributed by atoms with Crippen LogP contribution in [0, 0.1) is 10.4 Å². The van der Waals surface area contributed by atoms with Crippen LogP contribution in [0.25, 0.3) is 22.3 Å². The number of carbonyl (C=O) groups is 2. The lowest BCUT2D eigenvalue weighted by Gasteiger charge is -2.27. The third kappa shape index (κ3) is 3.97. The summed E-state index contributed by atoms with van der Waals surface area (Å²) < 4.78 is 4.88. The van der Waals surface area contributed by atoms with Gasteiger partial charge in [-0.05, 0) is 29.9 Å². The van der Waals surface area contributed by atoms with Gasteiger partial charge in [0.05, 0.1) is 51.8 Å². The SMILES string of the molecule is COc1cc(=O)c2c(=O)c3c(c(=O)c=2c1=O)=C(O)C1(CCc2cc4cc(/C=N/NC(=O)CNC(C)=O)[nH]c(=O)c4c(O)c21)C=3O. The predicted molar refractivity (Wildman–Crippen MR) is 158 cm³/mol. The van der Waals surface area contributed by atoms with Gasteiger partial charge in [0.1, 0.15) is 22.7 Å². The van der Waals surface area contributed by atoms with Crippen LogP contribution in [0.5, 0.6) is 11.5 Å². The fraction of sp³-hybridized carbons (Fsp3) is 0.200. The lowest BCUT2D eigenvalue weighted by atomic mass is 9.78. The first kappa shape index (κ1) is 29.0. The first-order valence-corrected chi connectivity index (χ1v) is 13.4. The number of hydrogen-bond donors (Lipinski definition) is 6. The van der Waals surface area contributed by atoms with E-state index in [1.165, 1.54) is 19.1 Å². The normalized spacial score (nSPS) is 16.9. The summed E-state index contributed by atoms with van der Waals surface area (Å²) in [5.41, 5.74) is -4.62. The fourth-order valence-corrected chi connectivity index (χ4v) is 6.26. The highest BCUT2D eigenvalue weighted by Gasteiger charge is 2.53. The molecule has 2 amide bonds. The largest absolute Gasteiger partial charge is 0.510 e. The minimum atomic E-state index is -2.02. The molecule has 1 aromatic heterocycles. The van der Waals surface area contributed by atoms with E-state index in [0.29, 0.717) is 5.56 Å². The number of amides is 2. The first-order valence-electron chi connectivity index (χ1n) is 13.4. The van der Waals surface area contributed by atoms with E-state index in [2.05, 4.69) is 20.8 Å². The number of H-pyrrole nitrogens is 1. The topological polar surface area (TPSA) is 242 Å². The Morgan fingerprint density at radius 1 is 0.978 bits per heavy atom. The van der Waals surface area contributed by atoms with E-state index in [0.717, 1.165) is 19.4 Å². The number of aryl methyl sites for hydroxylation is 1. The number of fused-ring (bicyclic) bond motifs is 4. The highest BCUT2D eigenvalue weighted by Crippen LogP contribution is 2.54. The number of hydrazone groups is 1. The smallest absolute Gasteiger partial charge is 0.260 e. The molecule has 0 saturated heterocycles.